The minimum absolute atomic E-state index is 0.0298. The second kappa shape index (κ2) is 5.23. The maximum atomic E-state index is 13.1. The van der Waals surface area contributed by atoms with Crippen LogP contribution < -0.4 is 4.74 Å². The lowest BCUT2D eigenvalue weighted by molar-refractivity contribution is 0.302. The van der Waals surface area contributed by atoms with Gasteiger partial charge in [-0.15, -0.1) is 0 Å². The van der Waals surface area contributed by atoms with Crippen LogP contribution in [0.1, 0.15) is 5.56 Å². The van der Waals surface area contributed by atoms with E-state index in [1.165, 1.54) is 18.2 Å². The Morgan fingerprint density at radius 1 is 1.11 bits per heavy atom. The van der Waals surface area contributed by atoms with Gasteiger partial charge in [0.05, 0.1) is 5.02 Å². The molecule has 1 N–H and O–H groups in total. The molecule has 0 saturated heterocycles. The number of phenolic OH excluding ortho intramolecular Hbond substituents is 1. The Kier molecular flexibility index (Phi) is 3.67. The summed E-state index contributed by atoms with van der Waals surface area (Å²) in [7, 11) is 0. The zero-order valence-corrected chi connectivity index (χ0v) is 9.92. The summed E-state index contributed by atoms with van der Waals surface area (Å²) in [6.45, 7) is 0.0526. The molecule has 2 rings (SSSR count). The summed E-state index contributed by atoms with van der Waals surface area (Å²) in [6.07, 6.45) is 0. The molecular formula is C13H9ClF2O2. The van der Waals surface area contributed by atoms with Gasteiger partial charge in [-0.05, 0) is 17.7 Å². The first-order valence-corrected chi connectivity index (χ1v) is 5.48. The van der Waals surface area contributed by atoms with Crippen LogP contribution in [-0.4, -0.2) is 5.11 Å². The molecule has 5 heteroatoms. The number of hydrogen-bond donors (Lipinski definition) is 1. The summed E-state index contributed by atoms with van der Waals surface area (Å²) in [4.78, 5) is 0. The first-order valence-electron chi connectivity index (χ1n) is 5.11. The van der Waals surface area contributed by atoms with Gasteiger partial charge in [-0.2, -0.15) is 0 Å². The van der Waals surface area contributed by atoms with Gasteiger partial charge in [0.2, 0.25) is 0 Å². The molecule has 0 atom stereocenters. The van der Waals surface area contributed by atoms with Gasteiger partial charge in [0.1, 0.15) is 29.7 Å². The summed E-state index contributed by atoms with van der Waals surface area (Å²) < 4.78 is 31.3. The summed E-state index contributed by atoms with van der Waals surface area (Å²) in [5, 5.41) is 9.20. The van der Waals surface area contributed by atoms with Crippen LogP contribution in [0.25, 0.3) is 0 Å². The topological polar surface area (TPSA) is 29.5 Å². The van der Waals surface area contributed by atoms with Crippen LogP contribution in [0.5, 0.6) is 11.5 Å². The smallest absolute Gasteiger partial charge is 0.142 e. The van der Waals surface area contributed by atoms with Gasteiger partial charge in [-0.25, -0.2) is 8.78 Å². The normalized spacial score (nSPS) is 10.4. The lowest BCUT2D eigenvalue weighted by atomic mass is 10.2. The van der Waals surface area contributed by atoms with E-state index in [0.29, 0.717) is 5.56 Å². The van der Waals surface area contributed by atoms with Crippen LogP contribution >= 0.6 is 11.6 Å². The fourth-order valence-electron chi connectivity index (χ4n) is 1.43. The van der Waals surface area contributed by atoms with Crippen LogP contribution in [0.15, 0.2) is 36.4 Å². The first kappa shape index (κ1) is 12.6. The van der Waals surface area contributed by atoms with Crippen molar-refractivity contribution < 1.29 is 18.6 Å². The fourth-order valence-corrected chi connectivity index (χ4v) is 1.54. The van der Waals surface area contributed by atoms with Crippen molar-refractivity contribution in [1.29, 1.82) is 0 Å². The van der Waals surface area contributed by atoms with Crippen molar-refractivity contribution >= 4 is 11.6 Å². The molecule has 0 aliphatic rings. The van der Waals surface area contributed by atoms with E-state index < -0.39 is 11.6 Å². The molecule has 0 unspecified atom stereocenters. The van der Waals surface area contributed by atoms with Crippen molar-refractivity contribution in [2.75, 3.05) is 0 Å². The second-order valence-corrected chi connectivity index (χ2v) is 4.09. The first-order chi connectivity index (χ1) is 8.54. The molecule has 0 radical (unpaired) electrons. The molecule has 94 valence electrons. The summed E-state index contributed by atoms with van der Waals surface area (Å²) >= 11 is 5.54. The SMILES string of the molecule is Oc1cc(F)cc(OCc2ccc(Cl)c(F)c2)c1. The van der Waals surface area contributed by atoms with Crippen molar-refractivity contribution in [3.05, 3.63) is 58.6 Å². The Hall–Kier alpha value is -1.81. The molecule has 0 bridgehead atoms. The summed E-state index contributed by atoms with van der Waals surface area (Å²) in [6, 6.07) is 7.63. The Morgan fingerprint density at radius 3 is 2.56 bits per heavy atom. The molecule has 0 amide bonds. The molecule has 2 aromatic rings. The van der Waals surface area contributed by atoms with E-state index in [4.69, 9.17) is 16.3 Å². The van der Waals surface area contributed by atoms with Gasteiger partial charge in [-0.3, -0.25) is 0 Å². The maximum absolute atomic E-state index is 13.1. The van der Waals surface area contributed by atoms with Crippen LogP contribution in [0.2, 0.25) is 5.02 Å². The molecule has 18 heavy (non-hydrogen) atoms. The zero-order chi connectivity index (χ0) is 13.1. The van der Waals surface area contributed by atoms with Crippen molar-refractivity contribution in [1.82, 2.24) is 0 Å². The number of rotatable bonds is 3. The van der Waals surface area contributed by atoms with Crippen LogP contribution in [0.4, 0.5) is 8.78 Å². The minimum atomic E-state index is -0.604. The Labute approximate surface area is 107 Å². The van der Waals surface area contributed by atoms with Gasteiger partial charge in [0.15, 0.2) is 0 Å². The second-order valence-electron chi connectivity index (χ2n) is 3.68. The number of benzene rings is 2. The van der Waals surface area contributed by atoms with Gasteiger partial charge in [0, 0.05) is 18.2 Å². The van der Waals surface area contributed by atoms with Crippen molar-refractivity contribution in [2.24, 2.45) is 0 Å². The zero-order valence-electron chi connectivity index (χ0n) is 9.16. The van der Waals surface area contributed by atoms with Gasteiger partial charge in [0.25, 0.3) is 0 Å². The predicted molar refractivity (Wildman–Crippen MR) is 63.8 cm³/mol. The molecule has 2 nitrogen and oxygen atoms in total. The highest BCUT2D eigenvalue weighted by molar-refractivity contribution is 6.30. The van der Waals surface area contributed by atoms with Crippen LogP contribution in [0, 0.1) is 11.6 Å². The average Bonchev–Trinajstić information content (AvgIpc) is 2.29. The maximum Gasteiger partial charge on any atom is 0.142 e. The minimum Gasteiger partial charge on any atom is -0.508 e. The highest BCUT2D eigenvalue weighted by Crippen LogP contribution is 2.22. The van der Waals surface area contributed by atoms with Gasteiger partial charge in [-0.1, -0.05) is 17.7 Å². The van der Waals surface area contributed by atoms with Crippen LogP contribution in [0.3, 0.4) is 0 Å². The molecule has 0 saturated carbocycles. The summed E-state index contributed by atoms with van der Waals surface area (Å²) in [5.41, 5.74) is 0.556. The fraction of sp³-hybridized carbons (Fsp3) is 0.0769. The van der Waals surface area contributed by atoms with E-state index in [2.05, 4.69) is 0 Å². The average molecular weight is 271 g/mol. The molecular weight excluding hydrogens is 262 g/mol. The van der Waals surface area contributed by atoms with E-state index in [-0.39, 0.29) is 23.1 Å². The lowest BCUT2D eigenvalue weighted by Crippen LogP contribution is -1.96. The van der Waals surface area contributed by atoms with Crippen molar-refractivity contribution in [2.45, 2.75) is 6.61 Å². The van der Waals surface area contributed by atoms with Crippen molar-refractivity contribution in [3.63, 3.8) is 0 Å². The Morgan fingerprint density at radius 2 is 1.89 bits per heavy atom. The highest BCUT2D eigenvalue weighted by atomic mass is 35.5. The van der Waals surface area contributed by atoms with Crippen LogP contribution in [-0.2, 0) is 6.61 Å². The third kappa shape index (κ3) is 3.11. The van der Waals surface area contributed by atoms with Gasteiger partial charge >= 0.3 is 0 Å². The largest absolute Gasteiger partial charge is 0.508 e. The van der Waals surface area contributed by atoms with Gasteiger partial charge < -0.3 is 9.84 Å². The molecule has 0 spiro atoms. The highest BCUT2D eigenvalue weighted by Gasteiger charge is 2.04. The molecule has 0 heterocycles. The molecule has 0 aromatic heterocycles. The third-order valence-corrected chi connectivity index (χ3v) is 2.55. The number of hydrogen-bond acceptors (Lipinski definition) is 2. The number of aromatic hydroxyl groups is 1. The van der Waals surface area contributed by atoms with E-state index in [1.807, 2.05) is 0 Å². The predicted octanol–water partition coefficient (Wildman–Crippen LogP) is 3.90. The van der Waals surface area contributed by atoms with E-state index in [9.17, 15) is 13.9 Å². The molecule has 0 aliphatic carbocycles. The van der Waals surface area contributed by atoms with E-state index >= 15 is 0 Å². The molecule has 0 aliphatic heterocycles. The quantitative estimate of drug-likeness (QED) is 0.916. The molecule has 0 fully saturated rings. The summed E-state index contributed by atoms with van der Waals surface area (Å²) in [5.74, 6) is -1.21. The van der Waals surface area contributed by atoms with Crippen molar-refractivity contribution in [3.8, 4) is 11.5 Å². The number of ether oxygens (including phenoxy) is 1. The number of halogens is 3. The third-order valence-electron chi connectivity index (χ3n) is 2.25. The van der Waals surface area contributed by atoms with E-state index in [1.54, 1.807) is 6.07 Å². The molecule has 2 aromatic carbocycles. The number of phenols is 1. The lowest BCUT2D eigenvalue weighted by Gasteiger charge is -2.07. The van der Waals surface area contributed by atoms with E-state index in [0.717, 1.165) is 12.1 Å². The Balaban J connectivity index is 2.08. The monoisotopic (exact) mass is 270 g/mol. The Bertz CT molecular complexity index is 553. The standard InChI is InChI=1S/C13H9ClF2O2/c14-12-2-1-8(3-13(12)16)7-18-11-5-9(15)4-10(17)6-11/h1-6,17H,7H2.